The summed E-state index contributed by atoms with van der Waals surface area (Å²) in [6.07, 6.45) is 0. The number of halogens is 1. The third-order valence-corrected chi connectivity index (χ3v) is 3.17. The van der Waals surface area contributed by atoms with E-state index >= 15 is 0 Å². The van der Waals surface area contributed by atoms with E-state index in [9.17, 15) is 14.4 Å². The molecule has 0 atom stereocenters. The molecule has 1 aromatic carbocycles. The molecule has 2 rings (SSSR count). The van der Waals surface area contributed by atoms with Gasteiger partial charge in [-0.3, -0.25) is 9.69 Å². The van der Waals surface area contributed by atoms with Crippen molar-refractivity contribution in [2.45, 2.75) is 6.54 Å². The molecular formula is C12H12ClN3O3. The number of rotatable bonds is 2. The first-order chi connectivity index (χ1) is 9.04. The van der Waals surface area contributed by atoms with Gasteiger partial charge in [-0.25, -0.2) is 14.5 Å². The van der Waals surface area contributed by atoms with Crippen molar-refractivity contribution >= 4 is 29.6 Å². The van der Waals surface area contributed by atoms with Crippen LogP contribution < -0.4 is 5.32 Å². The molecular weight excluding hydrogens is 270 g/mol. The van der Waals surface area contributed by atoms with Crippen LogP contribution in [0.1, 0.15) is 5.56 Å². The number of carbonyl (C=O) groups excluding carboxylic acids is 3. The predicted octanol–water partition coefficient (Wildman–Crippen LogP) is 1.44. The lowest BCUT2D eigenvalue weighted by atomic mass is 10.2. The summed E-state index contributed by atoms with van der Waals surface area (Å²) in [5, 5.41) is 2.79. The maximum absolute atomic E-state index is 12.0. The SMILES string of the molecule is CNC(=O)N1CC(=O)N(Cc2ccccc2Cl)C1=O. The van der Waals surface area contributed by atoms with Crippen molar-refractivity contribution in [1.29, 1.82) is 0 Å². The smallest absolute Gasteiger partial charge is 0.335 e. The van der Waals surface area contributed by atoms with Crippen molar-refractivity contribution in [3.63, 3.8) is 0 Å². The Bertz CT molecular complexity index is 547. The molecule has 1 heterocycles. The number of nitrogens with zero attached hydrogens (tertiary/aromatic N) is 2. The molecule has 100 valence electrons. The molecule has 19 heavy (non-hydrogen) atoms. The molecule has 0 spiro atoms. The quantitative estimate of drug-likeness (QED) is 0.834. The fourth-order valence-corrected chi connectivity index (χ4v) is 1.98. The molecule has 7 heteroatoms. The van der Waals surface area contributed by atoms with Gasteiger partial charge in [-0.2, -0.15) is 0 Å². The number of hydrogen-bond acceptors (Lipinski definition) is 3. The van der Waals surface area contributed by atoms with Crippen LogP contribution in [0.25, 0.3) is 0 Å². The van der Waals surface area contributed by atoms with E-state index in [0.29, 0.717) is 10.6 Å². The van der Waals surface area contributed by atoms with Gasteiger partial charge in [0.15, 0.2) is 0 Å². The summed E-state index contributed by atoms with van der Waals surface area (Å²) in [5.74, 6) is -0.423. The number of carbonyl (C=O) groups is 3. The van der Waals surface area contributed by atoms with E-state index in [1.54, 1.807) is 24.3 Å². The number of hydrogen-bond donors (Lipinski definition) is 1. The molecule has 1 aliphatic heterocycles. The lowest BCUT2D eigenvalue weighted by Gasteiger charge is -2.16. The highest BCUT2D eigenvalue weighted by Gasteiger charge is 2.39. The molecule has 0 saturated carbocycles. The molecule has 5 amide bonds. The Morgan fingerprint density at radius 1 is 1.37 bits per heavy atom. The average Bonchev–Trinajstić information content (AvgIpc) is 2.68. The second-order valence-corrected chi connectivity index (χ2v) is 4.40. The van der Waals surface area contributed by atoms with Crippen molar-refractivity contribution in [3.05, 3.63) is 34.9 Å². The Kier molecular flexibility index (Phi) is 3.71. The Hall–Kier alpha value is -2.08. The minimum Gasteiger partial charge on any atom is -0.341 e. The summed E-state index contributed by atoms with van der Waals surface area (Å²) in [4.78, 5) is 37.0. The lowest BCUT2D eigenvalue weighted by Crippen LogP contribution is -2.41. The van der Waals surface area contributed by atoms with Crippen LogP contribution in [0.4, 0.5) is 9.59 Å². The van der Waals surface area contributed by atoms with Gasteiger partial charge in [-0.1, -0.05) is 29.8 Å². The summed E-state index contributed by atoms with van der Waals surface area (Å²) in [6.45, 7) is -0.187. The Morgan fingerprint density at radius 3 is 2.68 bits per heavy atom. The van der Waals surface area contributed by atoms with Crippen molar-refractivity contribution < 1.29 is 14.4 Å². The fourth-order valence-electron chi connectivity index (χ4n) is 1.79. The van der Waals surface area contributed by atoms with Gasteiger partial charge < -0.3 is 5.32 Å². The molecule has 1 saturated heterocycles. The first-order valence-electron chi connectivity index (χ1n) is 5.61. The van der Waals surface area contributed by atoms with Crippen molar-refractivity contribution in [3.8, 4) is 0 Å². The summed E-state index contributed by atoms with van der Waals surface area (Å²) < 4.78 is 0. The zero-order chi connectivity index (χ0) is 14.0. The van der Waals surface area contributed by atoms with Crippen LogP contribution in [0, 0.1) is 0 Å². The second-order valence-electron chi connectivity index (χ2n) is 4.00. The van der Waals surface area contributed by atoms with Gasteiger partial charge in [0.05, 0.1) is 6.54 Å². The molecule has 1 aliphatic rings. The van der Waals surface area contributed by atoms with Gasteiger partial charge >= 0.3 is 12.1 Å². The molecule has 0 unspecified atom stereocenters. The summed E-state index contributed by atoms with van der Waals surface area (Å²) >= 11 is 5.98. The largest absolute Gasteiger partial charge is 0.341 e. The van der Waals surface area contributed by atoms with Gasteiger partial charge in [-0.15, -0.1) is 0 Å². The molecule has 0 radical (unpaired) electrons. The molecule has 0 aromatic heterocycles. The van der Waals surface area contributed by atoms with Crippen LogP contribution in [0.15, 0.2) is 24.3 Å². The number of urea groups is 2. The third-order valence-electron chi connectivity index (χ3n) is 2.80. The van der Waals surface area contributed by atoms with E-state index in [2.05, 4.69) is 5.32 Å². The van der Waals surface area contributed by atoms with Crippen molar-refractivity contribution in [1.82, 2.24) is 15.1 Å². The van der Waals surface area contributed by atoms with Crippen LogP contribution in [0.2, 0.25) is 5.02 Å². The van der Waals surface area contributed by atoms with E-state index in [0.717, 1.165) is 9.80 Å². The number of imide groups is 2. The minimum atomic E-state index is -0.635. The van der Waals surface area contributed by atoms with Gasteiger partial charge in [0.2, 0.25) is 0 Å². The van der Waals surface area contributed by atoms with E-state index in [4.69, 9.17) is 11.6 Å². The molecule has 0 aliphatic carbocycles. The first kappa shape index (κ1) is 13.4. The highest BCUT2D eigenvalue weighted by molar-refractivity contribution is 6.31. The summed E-state index contributed by atoms with van der Waals surface area (Å²) in [6, 6.07) is 5.70. The molecule has 1 N–H and O–H groups in total. The summed E-state index contributed by atoms with van der Waals surface area (Å²) in [7, 11) is 1.40. The van der Waals surface area contributed by atoms with E-state index < -0.39 is 18.0 Å². The number of nitrogens with one attached hydrogen (secondary N) is 1. The third kappa shape index (κ3) is 2.53. The van der Waals surface area contributed by atoms with E-state index in [1.807, 2.05) is 0 Å². The molecule has 6 nitrogen and oxygen atoms in total. The Labute approximate surface area is 114 Å². The van der Waals surface area contributed by atoms with Crippen LogP contribution in [0.3, 0.4) is 0 Å². The maximum atomic E-state index is 12.0. The topological polar surface area (TPSA) is 69.7 Å². The molecule has 1 aromatic rings. The lowest BCUT2D eigenvalue weighted by molar-refractivity contribution is -0.125. The zero-order valence-electron chi connectivity index (χ0n) is 10.2. The Morgan fingerprint density at radius 2 is 2.05 bits per heavy atom. The van der Waals surface area contributed by atoms with Crippen LogP contribution in [-0.2, 0) is 11.3 Å². The van der Waals surface area contributed by atoms with Gasteiger partial charge in [0, 0.05) is 12.1 Å². The minimum absolute atomic E-state index is 0.0604. The average molecular weight is 282 g/mol. The molecule has 1 fully saturated rings. The van der Waals surface area contributed by atoms with Crippen LogP contribution >= 0.6 is 11.6 Å². The van der Waals surface area contributed by atoms with E-state index in [-0.39, 0.29) is 13.1 Å². The molecule has 0 bridgehead atoms. The second kappa shape index (κ2) is 5.27. The van der Waals surface area contributed by atoms with E-state index in [1.165, 1.54) is 7.05 Å². The predicted molar refractivity (Wildman–Crippen MR) is 68.6 cm³/mol. The van der Waals surface area contributed by atoms with Crippen molar-refractivity contribution in [2.75, 3.05) is 13.6 Å². The van der Waals surface area contributed by atoms with Gasteiger partial charge in [-0.05, 0) is 11.6 Å². The maximum Gasteiger partial charge on any atom is 0.335 e. The van der Waals surface area contributed by atoms with Crippen LogP contribution in [-0.4, -0.2) is 41.4 Å². The zero-order valence-corrected chi connectivity index (χ0v) is 11.0. The fraction of sp³-hybridized carbons (Fsp3) is 0.250. The normalized spacial score (nSPS) is 15.1. The van der Waals surface area contributed by atoms with Crippen molar-refractivity contribution in [2.24, 2.45) is 0 Å². The van der Waals surface area contributed by atoms with Gasteiger partial charge in [0.1, 0.15) is 6.54 Å². The van der Waals surface area contributed by atoms with Crippen LogP contribution in [0.5, 0.6) is 0 Å². The highest BCUT2D eigenvalue weighted by atomic mass is 35.5. The highest BCUT2D eigenvalue weighted by Crippen LogP contribution is 2.20. The monoisotopic (exact) mass is 281 g/mol. The number of benzene rings is 1. The summed E-state index contributed by atoms with van der Waals surface area (Å²) in [5.41, 5.74) is 0.657. The number of amides is 5. The Balaban J connectivity index is 2.18. The first-order valence-corrected chi connectivity index (χ1v) is 5.99. The van der Waals surface area contributed by atoms with Gasteiger partial charge in [0.25, 0.3) is 5.91 Å². The standard InChI is InChI=1S/C12H12ClN3O3/c1-14-11(18)16-7-10(17)15(12(16)19)6-8-4-2-3-5-9(8)13/h2-5H,6-7H2,1H3,(H,14,18).